The van der Waals surface area contributed by atoms with Crippen molar-refractivity contribution < 1.29 is 9.47 Å². The molecule has 0 spiro atoms. The van der Waals surface area contributed by atoms with E-state index in [0.717, 1.165) is 12.1 Å². The van der Waals surface area contributed by atoms with Gasteiger partial charge >= 0.3 is 0 Å². The minimum absolute atomic E-state index is 0.223. The van der Waals surface area contributed by atoms with Gasteiger partial charge in [0.25, 0.3) is 0 Å². The zero-order chi connectivity index (χ0) is 14.6. The number of rotatable bonds is 5. The van der Waals surface area contributed by atoms with Crippen molar-refractivity contribution in [3.8, 4) is 11.5 Å². The molecule has 108 valence electrons. The number of nitrogens with one attached hydrogen (secondary N) is 1. The van der Waals surface area contributed by atoms with Crippen LogP contribution in [0.15, 0.2) is 12.1 Å². The summed E-state index contributed by atoms with van der Waals surface area (Å²) in [6.45, 7) is 9.58. The summed E-state index contributed by atoms with van der Waals surface area (Å²) >= 11 is 6.19. The van der Waals surface area contributed by atoms with Crippen LogP contribution in [-0.4, -0.2) is 20.3 Å². The van der Waals surface area contributed by atoms with Crippen LogP contribution in [0.4, 0.5) is 0 Å². The molecule has 0 fully saturated rings. The molecule has 0 saturated heterocycles. The molecule has 0 radical (unpaired) electrons. The van der Waals surface area contributed by atoms with Crippen molar-refractivity contribution in [1.29, 1.82) is 0 Å². The van der Waals surface area contributed by atoms with Gasteiger partial charge in [-0.3, -0.25) is 0 Å². The van der Waals surface area contributed by atoms with E-state index in [1.165, 1.54) is 0 Å². The number of benzene rings is 1. The largest absolute Gasteiger partial charge is 0.493 e. The Morgan fingerprint density at radius 3 is 2.32 bits per heavy atom. The summed E-state index contributed by atoms with van der Waals surface area (Å²) in [6.07, 6.45) is 0. The highest BCUT2D eigenvalue weighted by Crippen LogP contribution is 2.36. The average molecular weight is 286 g/mol. The number of halogens is 1. The van der Waals surface area contributed by atoms with Crippen molar-refractivity contribution in [2.45, 2.75) is 40.3 Å². The number of methoxy groups -OCH3 is 2. The summed E-state index contributed by atoms with van der Waals surface area (Å²) in [6, 6.07) is 4.26. The Morgan fingerprint density at radius 2 is 1.84 bits per heavy atom. The lowest BCUT2D eigenvalue weighted by atomic mass is 9.88. The molecular weight excluding hydrogens is 262 g/mol. The molecule has 0 saturated carbocycles. The minimum Gasteiger partial charge on any atom is -0.493 e. The van der Waals surface area contributed by atoms with Crippen LogP contribution >= 0.6 is 11.6 Å². The predicted molar refractivity (Wildman–Crippen MR) is 80.3 cm³/mol. The molecule has 0 heterocycles. The lowest BCUT2D eigenvalue weighted by Crippen LogP contribution is -2.37. The van der Waals surface area contributed by atoms with Crippen LogP contribution in [0, 0.1) is 5.41 Å². The fourth-order valence-electron chi connectivity index (χ4n) is 1.65. The molecule has 1 rings (SSSR count). The maximum Gasteiger partial charge on any atom is 0.179 e. The number of hydrogen-bond donors (Lipinski definition) is 1. The normalized spacial score (nSPS) is 13.2. The molecule has 1 aromatic carbocycles. The topological polar surface area (TPSA) is 30.5 Å². The van der Waals surface area contributed by atoms with Crippen molar-refractivity contribution in [2.75, 3.05) is 14.2 Å². The zero-order valence-electron chi connectivity index (χ0n) is 12.6. The summed E-state index contributed by atoms with van der Waals surface area (Å²) in [5.41, 5.74) is 1.30. The first-order valence-corrected chi connectivity index (χ1v) is 6.81. The van der Waals surface area contributed by atoms with E-state index in [4.69, 9.17) is 21.1 Å². The number of hydrogen-bond acceptors (Lipinski definition) is 3. The average Bonchev–Trinajstić information content (AvgIpc) is 2.33. The van der Waals surface area contributed by atoms with Gasteiger partial charge in [-0.2, -0.15) is 0 Å². The molecule has 0 aliphatic heterocycles. The zero-order valence-corrected chi connectivity index (χ0v) is 13.4. The molecule has 0 aliphatic carbocycles. The van der Waals surface area contributed by atoms with Crippen molar-refractivity contribution in [1.82, 2.24) is 5.32 Å². The molecule has 19 heavy (non-hydrogen) atoms. The first-order valence-electron chi connectivity index (χ1n) is 6.43. The van der Waals surface area contributed by atoms with Crippen LogP contribution in [0.25, 0.3) is 0 Å². The molecule has 1 aromatic rings. The lowest BCUT2D eigenvalue weighted by Gasteiger charge is -2.28. The highest BCUT2D eigenvalue weighted by Gasteiger charge is 2.19. The third kappa shape index (κ3) is 4.29. The predicted octanol–water partition coefficient (Wildman–Crippen LogP) is 3.88. The molecule has 3 nitrogen and oxygen atoms in total. The van der Waals surface area contributed by atoms with E-state index >= 15 is 0 Å². The monoisotopic (exact) mass is 285 g/mol. The van der Waals surface area contributed by atoms with Gasteiger partial charge in [0.15, 0.2) is 11.5 Å². The molecule has 1 atom stereocenters. The summed E-state index contributed by atoms with van der Waals surface area (Å²) in [7, 11) is 3.20. The van der Waals surface area contributed by atoms with Crippen molar-refractivity contribution >= 4 is 11.6 Å². The molecule has 0 amide bonds. The van der Waals surface area contributed by atoms with Gasteiger partial charge in [0, 0.05) is 12.6 Å². The van der Waals surface area contributed by atoms with Gasteiger partial charge in [0.05, 0.1) is 19.2 Å². The highest BCUT2D eigenvalue weighted by molar-refractivity contribution is 6.32. The summed E-state index contributed by atoms with van der Waals surface area (Å²) in [5.74, 6) is 1.24. The second-order valence-electron chi connectivity index (χ2n) is 5.78. The standard InChI is InChI=1S/C15H24ClNO2/c1-10(15(2,3)4)17-9-11-7-12(16)14(19-6)13(8-11)18-5/h7-8,10,17H,9H2,1-6H3. The summed E-state index contributed by atoms with van der Waals surface area (Å²) < 4.78 is 10.5. The first-order chi connectivity index (χ1) is 8.79. The molecule has 1 N–H and O–H groups in total. The second-order valence-corrected chi connectivity index (χ2v) is 6.19. The van der Waals surface area contributed by atoms with Gasteiger partial charge < -0.3 is 14.8 Å². The summed E-state index contributed by atoms with van der Waals surface area (Å²) in [4.78, 5) is 0. The smallest absolute Gasteiger partial charge is 0.179 e. The Hall–Kier alpha value is -0.930. The Balaban J connectivity index is 2.83. The third-order valence-corrected chi connectivity index (χ3v) is 3.69. The minimum atomic E-state index is 0.223. The number of ether oxygens (including phenoxy) is 2. The van der Waals surface area contributed by atoms with Crippen LogP contribution in [0.1, 0.15) is 33.3 Å². The highest BCUT2D eigenvalue weighted by atomic mass is 35.5. The Kier molecular flexibility index (Phi) is 5.50. The Labute approximate surface area is 121 Å². The molecule has 0 aliphatic rings. The van der Waals surface area contributed by atoms with E-state index in [9.17, 15) is 0 Å². The van der Waals surface area contributed by atoms with Gasteiger partial charge in [-0.1, -0.05) is 32.4 Å². The molecule has 1 unspecified atom stereocenters. The Bertz CT molecular complexity index is 427. The van der Waals surface area contributed by atoms with Gasteiger partial charge in [0.2, 0.25) is 0 Å². The SMILES string of the molecule is COc1cc(CNC(C)C(C)(C)C)cc(Cl)c1OC. The van der Waals surface area contributed by atoms with Gasteiger partial charge in [-0.05, 0) is 30.0 Å². The third-order valence-electron chi connectivity index (χ3n) is 3.40. The lowest BCUT2D eigenvalue weighted by molar-refractivity contribution is 0.285. The van der Waals surface area contributed by atoms with Gasteiger partial charge in [-0.25, -0.2) is 0 Å². The van der Waals surface area contributed by atoms with E-state index in [2.05, 4.69) is 33.0 Å². The van der Waals surface area contributed by atoms with E-state index in [-0.39, 0.29) is 5.41 Å². The molecular formula is C15H24ClNO2. The van der Waals surface area contributed by atoms with E-state index in [0.29, 0.717) is 22.6 Å². The van der Waals surface area contributed by atoms with Crippen molar-refractivity contribution in [2.24, 2.45) is 5.41 Å². The van der Waals surface area contributed by atoms with E-state index in [1.807, 2.05) is 12.1 Å². The molecule has 0 aromatic heterocycles. The molecule has 4 heteroatoms. The van der Waals surface area contributed by atoms with Crippen molar-refractivity contribution in [3.63, 3.8) is 0 Å². The quantitative estimate of drug-likeness (QED) is 0.890. The van der Waals surface area contributed by atoms with E-state index in [1.54, 1.807) is 14.2 Å². The maximum atomic E-state index is 6.19. The van der Waals surface area contributed by atoms with Crippen LogP contribution in [0.5, 0.6) is 11.5 Å². The van der Waals surface area contributed by atoms with E-state index < -0.39 is 0 Å². The summed E-state index contributed by atoms with van der Waals surface area (Å²) in [5, 5.41) is 4.07. The molecule has 0 bridgehead atoms. The fraction of sp³-hybridized carbons (Fsp3) is 0.600. The van der Waals surface area contributed by atoms with Crippen LogP contribution in [0.3, 0.4) is 0 Å². The van der Waals surface area contributed by atoms with Crippen LogP contribution < -0.4 is 14.8 Å². The van der Waals surface area contributed by atoms with Crippen LogP contribution in [0.2, 0.25) is 5.02 Å². The fourth-order valence-corrected chi connectivity index (χ4v) is 1.96. The Morgan fingerprint density at radius 1 is 1.21 bits per heavy atom. The maximum absolute atomic E-state index is 6.19. The first kappa shape index (κ1) is 16.1. The van der Waals surface area contributed by atoms with Gasteiger partial charge in [0.1, 0.15) is 0 Å². The van der Waals surface area contributed by atoms with Crippen LogP contribution in [-0.2, 0) is 6.54 Å². The second kappa shape index (κ2) is 6.49. The van der Waals surface area contributed by atoms with Crippen molar-refractivity contribution in [3.05, 3.63) is 22.7 Å². The van der Waals surface area contributed by atoms with Gasteiger partial charge in [-0.15, -0.1) is 0 Å².